The van der Waals surface area contributed by atoms with Gasteiger partial charge < -0.3 is 15.5 Å². The minimum absolute atomic E-state index is 0.0439. The Morgan fingerprint density at radius 1 is 1.22 bits per heavy atom. The molecular weight excluding hydrogens is 360 g/mol. The van der Waals surface area contributed by atoms with E-state index in [4.69, 9.17) is 0 Å². The van der Waals surface area contributed by atoms with Crippen molar-refractivity contribution in [2.45, 2.75) is 39.7 Å². The summed E-state index contributed by atoms with van der Waals surface area (Å²) in [5.74, 6) is 0.00786. The van der Waals surface area contributed by atoms with Crippen LogP contribution in [0.3, 0.4) is 0 Å². The molecule has 27 heavy (non-hydrogen) atoms. The Morgan fingerprint density at radius 2 is 1.93 bits per heavy atom. The average Bonchev–Trinajstić information content (AvgIpc) is 3.12. The summed E-state index contributed by atoms with van der Waals surface area (Å²) in [4.78, 5) is 30.9. The van der Waals surface area contributed by atoms with Crippen LogP contribution >= 0.6 is 11.3 Å². The van der Waals surface area contributed by atoms with Crippen LogP contribution in [0.5, 0.6) is 0 Å². The van der Waals surface area contributed by atoms with Gasteiger partial charge in [0, 0.05) is 30.1 Å². The molecule has 0 unspecified atom stereocenters. The van der Waals surface area contributed by atoms with Crippen molar-refractivity contribution < 1.29 is 9.59 Å². The van der Waals surface area contributed by atoms with Gasteiger partial charge in [0.15, 0.2) is 0 Å². The zero-order chi connectivity index (χ0) is 19.2. The molecule has 144 valence electrons. The molecule has 2 aromatic rings. The number of carbonyl (C=O) groups excluding carboxylic acids is 2. The molecule has 0 bridgehead atoms. The maximum Gasteiger partial charge on any atom is 0.321 e. The fourth-order valence-electron chi connectivity index (χ4n) is 3.18. The summed E-state index contributed by atoms with van der Waals surface area (Å²) in [6.45, 7) is 5.71. The molecule has 1 aromatic heterocycles. The lowest BCUT2D eigenvalue weighted by molar-refractivity contribution is -0.126. The van der Waals surface area contributed by atoms with Crippen molar-refractivity contribution in [3.05, 3.63) is 45.9 Å². The SMILES string of the molecule is CCc1ccc(NC(=O)N2CCC(C(=O)NCc3csc(C)n3)CC2)cc1. The van der Waals surface area contributed by atoms with Crippen molar-refractivity contribution in [1.29, 1.82) is 0 Å². The number of amides is 3. The van der Waals surface area contributed by atoms with Crippen LogP contribution in [0.25, 0.3) is 0 Å². The van der Waals surface area contributed by atoms with E-state index in [0.717, 1.165) is 22.8 Å². The van der Waals surface area contributed by atoms with Crippen LogP contribution in [0.1, 0.15) is 36.0 Å². The maximum absolute atomic E-state index is 12.4. The van der Waals surface area contributed by atoms with E-state index in [1.807, 2.05) is 36.6 Å². The number of piperidine rings is 1. The summed E-state index contributed by atoms with van der Waals surface area (Å²) in [6.07, 6.45) is 2.35. The smallest absolute Gasteiger partial charge is 0.321 e. The number of nitrogens with zero attached hydrogens (tertiary/aromatic N) is 2. The van der Waals surface area contributed by atoms with Gasteiger partial charge in [0.25, 0.3) is 0 Å². The van der Waals surface area contributed by atoms with Gasteiger partial charge in [-0.15, -0.1) is 11.3 Å². The van der Waals surface area contributed by atoms with Gasteiger partial charge in [-0.3, -0.25) is 4.79 Å². The minimum Gasteiger partial charge on any atom is -0.350 e. The van der Waals surface area contributed by atoms with Crippen molar-refractivity contribution in [3.8, 4) is 0 Å². The van der Waals surface area contributed by atoms with Crippen LogP contribution in [0.2, 0.25) is 0 Å². The van der Waals surface area contributed by atoms with Crippen molar-refractivity contribution in [1.82, 2.24) is 15.2 Å². The number of carbonyl (C=O) groups is 2. The number of hydrogen-bond acceptors (Lipinski definition) is 4. The van der Waals surface area contributed by atoms with Crippen molar-refractivity contribution in [3.63, 3.8) is 0 Å². The monoisotopic (exact) mass is 386 g/mol. The Bertz CT molecular complexity index is 780. The molecular formula is C20H26N4O2S. The molecule has 2 N–H and O–H groups in total. The van der Waals surface area contributed by atoms with Crippen LogP contribution in [0, 0.1) is 12.8 Å². The number of nitrogens with one attached hydrogen (secondary N) is 2. The number of aryl methyl sites for hydroxylation is 2. The molecule has 1 aromatic carbocycles. The van der Waals surface area contributed by atoms with Crippen LogP contribution < -0.4 is 10.6 Å². The number of likely N-dealkylation sites (tertiary alicyclic amines) is 1. The van der Waals surface area contributed by atoms with E-state index in [1.165, 1.54) is 5.56 Å². The fraction of sp³-hybridized carbons (Fsp3) is 0.450. The standard InChI is InChI=1S/C20H26N4O2S/c1-3-15-4-6-17(7-5-15)23-20(26)24-10-8-16(9-11-24)19(25)21-12-18-13-27-14(2)22-18/h4-7,13,16H,3,8-12H2,1-2H3,(H,21,25)(H,23,26). The van der Waals surface area contributed by atoms with Crippen molar-refractivity contribution in [2.24, 2.45) is 5.92 Å². The van der Waals surface area contributed by atoms with Crippen LogP contribution in [0.4, 0.5) is 10.5 Å². The summed E-state index contributed by atoms with van der Waals surface area (Å²) in [6, 6.07) is 7.80. The highest BCUT2D eigenvalue weighted by Crippen LogP contribution is 2.19. The van der Waals surface area contributed by atoms with Gasteiger partial charge >= 0.3 is 6.03 Å². The van der Waals surface area contributed by atoms with Gasteiger partial charge in [-0.1, -0.05) is 19.1 Å². The number of benzene rings is 1. The largest absolute Gasteiger partial charge is 0.350 e. The van der Waals surface area contributed by atoms with E-state index in [9.17, 15) is 9.59 Å². The second-order valence-electron chi connectivity index (χ2n) is 6.82. The molecule has 0 spiro atoms. The first-order chi connectivity index (χ1) is 13.0. The number of thiazole rings is 1. The quantitative estimate of drug-likeness (QED) is 0.825. The highest BCUT2D eigenvalue weighted by molar-refractivity contribution is 7.09. The van der Waals surface area contributed by atoms with Gasteiger partial charge in [0.05, 0.1) is 17.2 Å². The molecule has 7 heteroatoms. The van der Waals surface area contributed by atoms with Crippen LogP contribution in [-0.2, 0) is 17.8 Å². The van der Waals surface area contributed by atoms with Crippen LogP contribution in [0.15, 0.2) is 29.6 Å². The second kappa shape index (κ2) is 8.99. The average molecular weight is 387 g/mol. The first-order valence-electron chi connectivity index (χ1n) is 9.38. The van der Waals surface area contributed by atoms with Crippen molar-refractivity contribution in [2.75, 3.05) is 18.4 Å². The molecule has 1 aliphatic rings. The summed E-state index contributed by atoms with van der Waals surface area (Å²) in [5, 5.41) is 8.87. The molecule has 0 saturated carbocycles. The fourth-order valence-corrected chi connectivity index (χ4v) is 3.80. The van der Waals surface area contributed by atoms with Gasteiger partial charge in [-0.2, -0.15) is 0 Å². The van der Waals surface area contributed by atoms with Gasteiger partial charge in [0.2, 0.25) is 5.91 Å². The highest BCUT2D eigenvalue weighted by atomic mass is 32.1. The lowest BCUT2D eigenvalue weighted by Crippen LogP contribution is -2.44. The number of hydrogen-bond donors (Lipinski definition) is 2. The second-order valence-corrected chi connectivity index (χ2v) is 7.88. The molecule has 6 nitrogen and oxygen atoms in total. The van der Waals surface area contributed by atoms with E-state index in [-0.39, 0.29) is 17.9 Å². The van der Waals surface area contributed by atoms with E-state index < -0.39 is 0 Å². The number of rotatable bonds is 5. The van der Waals surface area contributed by atoms with E-state index in [2.05, 4.69) is 22.5 Å². The number of urea groups is 1. The predicted octanol–water partition coefficient (Wildman–Crippen LogP) is 3.57. The predicted molar refractivity (Wildman–Crippen MR) is 108 cm³/mol. The van der Waals surface area contributed by atoms with E-state index in [1.54, 1.807) is 16.2 Å². The van der Waals surface area contributed by atoms with Gasteiger partial charge in [-0.25, -0.2) is 9.78 Å². The van der Waals surface area contributed by atoms with E-state index >= 15 is 0 Å². The van der Waals surface area contributed by atoms with Crippen molar-refractivity contribution >= 4 is 29.0 Å². The topological polar surface area (TPSA) is 74.3 Å². The third kappa shape index (κ3) is 5.29. The number of aromatic nitrogens is 1. The zero-order valence-electron chi connectivity index (χ0n) is 15.8. The van der Waals surface area contributed by atoms with Crippen LogP contribution in [-0.4, -0.2) is 34.9 Å². The Morgan fingerprint density at radius 3 is 2.52 bits per heavy atom. The maximum atomic E-state index is 12.4. The van der Waals surface area contributed by atoms with E-state index in [0.29, 0.717) is 32.5 Å². The molecule has 2 heterocycles. The number of anilines is 1. The molecule has 0 atom stereocenters. The zero-order valence-corrected chi connectivity index (χ0v) is 16.6. The molecule has 0 radical (unpaired) electrons. The Hall–Kier alpha value is -2.41. The molecule has 3 amide bonds. The first-order valence-corrected chi connectivity index (χ1v) is 10.3. The Kier molecular flexibility index (Phi) is 6.45. The molecule has 1 aliphatic heterocycles. The Labute approximate surface area is 164 Å². The Balaban J connectivity index is 1.43. The third-order valence-electron chi connectivity index (χ3n) is 4.88. The molecule has 1 saturated heterocycles. The summed E-state index contributed by atoms with van der Waals surface area (Å²) in [7, 11) is 0. The van der Waals surface area contributed by atoms with Gasteiger partial charge in [0.1, 0.15) is 0 Å². The molecule has 1 fully saturated rings. The summed E-state index contributed by atoms with van der Waals surface area (Å²) in [5.41, 5.74) is 2.94. The summed E-state index contributed by atoms with van der Waals surface area (Å²) >= 11 is 1.58. The lowest BCUT2D eigenvalue weighted by atomic mass is 9.96. The van der Waals surface area contributed by atoms with Gasteiger partial charge in [-0.05, 0) is 43.9 Å². The molecule has 3 rings (SSSR count). The highest BCUT2D eigenvalue weighted by Gasteiger charge is 2.27. The minimum atomic E-state index is -0.101. The summed E-state index contributed by atoms with van der Waals surface area (Å²) < 4.78 is 0. The first kappa shape index (κ1) is 19.4. The lowest BCUT2D eigenvalue weighted by Gasteiger charge is -2.31. The normalized spacial score (nSPS) is 14.8. The third-order valence-corrected chi connectivity index (χ3v) is 5.70. The molecule has 0 aliphatic carbocycles.